The van der Waals surface area contributed by atoms with Gasteiger partial charge in [-0.15, -0.1) is 0 Å². The molecular weight excluding hydrogens is 396 g/mol. The molecule has 0 fully saturated rings. The molecule has 7 heteroatoms. The lowest BCUT2D eigenvalue weighted by Crippen LogP contribution is -2.33. The van der Waals surface area contributed by atoms with E-state index in [1.165, 1.54) is 0 Å². The van der Waals surface area contributed by atoms with E-state index >= 15 is 0 Å². The number of carbonyl (C=O) groups excluding carboxylic acids is 2. The number of amides is 1. The zero-order valence-corrected chi connectivity index (χ0v) is 18.0. The van der Waals surface area contributed by atoms with Gasteiger partial charge in [0.1, 0.15) is 11.3 Å². The molecule has 1 aromatic heterocycles. The monoisotopic (exact) mass is 422 g/mol. The van der Waals surface area contributed by atoms with Crippen molar-refractivity contribution in [1.82, 2.24) is 10.5 Å². The number of aromatic nitrogens is 1. The van der Waals surface area contributed by atoms with Gasteiger partial charge in [0.25, 0.3) is 5.91 Å². The van der Waals surface area contributed by atoms with Gasteiger partial charge in [-0.25, -0.2) is 4.79 Å². The van der Waals surface area contributed by atoms with Gasteiger partial charge in [-0.05, 0) is 30.2 Å². The van der Waals surface area contributed by atoms with E-state index in [9.17, 15) is 9.59 Å². The number of hydrogen-bond donors (Lipinski definition) is 1. The Bertz CT molecular complexity index is 1030. The Hall–Kier alpha value is -3.61. The first-order valence-corrected chi connectivity index (χ1v) is 10.0. The minimum atomic E-state index is -0.627. The van der Waals surface area contributed by atoms with Gasteiger partial charge in [-0.1, -0.05) is 61.5 Å². The number of esters is 1. The number of nitrogens with one attached hydrogen (secondary N) is 1. The van der Waals surface area contributed by atoms with E-state index in [-0.39, 0.29) is 11.5 Å². The first-order valence-electron chi connectivity index (χ1n) is 10.0. The molecule has 0 unspecified atom stereocenters. The third-order valence-corrected chi connectivity index (χ3v) is 4.84. The molecule has 3 aromatic rings. The molecule has 0 bridgehead atoms. The van der Waals surface area contributed by atoms with Crippen LogP contribution in [0.5, 0.6) is 5.75 Å². The van der Waals surface area contributed by atoms with Crippen LogP contribution < -0.4 is 10.1 Å². The van der Waals surface area contributed by atoms with Gasteiger partial charge in [-0.3, -0.25) is 4.79 Å². The number of nitrogens with zero attached hydrogens (tertiary/aromatic N) is 1. The highest BCUT2D eigenvalue weighted by atomic mass is 16.5. The zero-order chi connectivity index (χ0) is 22.4. The van der Waals surface area contributed by atoms with Gasteiger partial charge in [0.2, 0.25) is 0 Å². The number of ether oxygens (including phenoxy) is 2. The summed E-state index contributed by atoms with van der Waals surface area (Å²) < 4.78 is 15.7. The van der Waals surface area contributed by atoms with Crippen molar-refractivity contribution in [1.29, 1.82) is 0 Å². The fourth-order valence-corrected chi connectivity index (χ4v) is 3.24. The van der Waals surface area contributed by atoms with Crippen molar-refractivity contribution >= 4 is 11.9 Å². The van der Waals surface area contributed by atoms with E-state index < -0.39 is 24.5 Å². The molecule has 0 aliphatic heterocycles. The summed E-state index contributed by atoms with van der Waals surface area (Å²) in [6.45, 7) is 5.03. The summed E-state index contributed by atoms with van der Waals surface area (Å²) in [6, 6.07) is 16.6. The van der Waals surface area contributed by atoms with E-state index in [0.717, 1.165) is 16.9 Å². The first-order chi connectivity index (χ1) is 14.9. The van der Waals surface area contributed by atoms with E-state index in [1.54, 1.807) is 14.0 Å². The molecule has 1 heterocycles. The Morgan fingerprint density at radius 2 is 1.68 bits per heavy atom. The van der Waals surface area contributed by atoms with Crippen LogP contribution in [0.1, 0.15) is 58.7 Å². The van der Waals surface area contributed by atoms with E-state index in [2.05, 4.69) is 10.5 Å². The summed E-state index contributed by atoms with van der Waals surface area (Å²) in [5, 5.41) is 6.78. The molecule has 0 saturated carbocycles. The lowest BCUT2D eigenvalue weighted by atomic mass is 9.98. The van der Waals surface area contributed by atoms with Crippen LogP contribution in [0.15, 0.2) is 59.1 Å². The number of benzene rings is 2. The Balaban J connectivity index is 1.72. The van der Waals surface area contributed by atoms with Crippen molar-refractivity contribution in [2.24, 2.45) is 0 Å². The first kappa shape index (κ1) is 22.1. The lowest BCUT2D eigenvalue weighted by molar-refractivity contribution is -0.124. The highest BCUT2D eigenvalue weighted by molar-refractivity contribution is 5.93. The molecule has 7 nitrogen and oxygen atoms in total. The van der Waals surface area contributed by atoms with Crippen LogP contribution in [0.2, 0.25) is 0 Å². The summed E-state index contributed by atoms with van der Waals surface area (Å²) in [6.07, 6.45) is 0. The summed E-state index contributed by atoms with van der Waals surface area (Å²) >= 11 is 0. The van der Waals surface area contributed by atoms with Gasteiger partial charge < -0.3 is 19.3 Å². The molecule has 0 radical (unpaired) electrons. The molecule has 1 amide bonds. The molecule has 0 saturated heterocycles. The third-order valence-electron chi connectivity index (χ3n) is 4.84. The maximum Gasteiger partial charge on any atom is 0.344 e. The molecule has 1 N–H and O–H groups in total. The standard InChI is InChI=1S/C24H26N2O5/c1-15(2)23-21(16(3)26-31-23)24(28)30-14-20(27)25-22(17-8-6-5-7-9-17)18-10-12-19(29-4)13-11-18/h5-13,15,22H,14H2,1-4H3,(H,25,27)/t22-/m1/s1. The van der Waals surface area contributed by atoms with Crippen LogP contribution >= 0.6 is 0 Å². The normalized spacial score (nSPS) is 11.8. The second-order valence-electron chi connectivity index (χ2n) is 7.42. The molecule has 0 aliphatic rings. The van der Waals surface area contributed by atoms with Gasteiger partial charge in [0.05, 0.1) is 18.8 Å². The zero-order valence-electron chi connectivity index (χ0n) is 18.0. The predicted octanol–water partition coefficient (Wildman–Crippen LogP) is 4.18. The summed E-state index contributed by atoms with van der Waals surface area (Å²) in [4.78, 5) is 25.2. The van der Waals surface area contributed by atoms with E-state index in [4.69, 9.17) is 14.0 Å². The van der Waals surface area contributed by atoms with Crippen molar-refractivity contribution in [3.8, 4) is 5.75 Å². The average molecular weight is 422 g/mol. The molecule has 0 aliphatic carbocycles. The van der Waals surface area contributed by atoms with Crippen LogP contribution in [0, 0.1) is 6.92 Å². The van der Waals surface area contributed by atoms with Gasteiger partial charge in [0.15, 0.2) is 12.4 Å². The number of aryl methyl sites for hydroxylation is 1. The molecule has 31 heavy (non-hydrogen) atoms. The van der Waals surface area contributed by atoms with Crippen LogP contribution in [0.4, 0.5) is 0 Å². The molecular formula is C24H26N2O5. The average Bonchev–Trinajstić information content (AvgIpc) is 3.18. The minimum absolute atomic E-state index is 0.0323. The third kappa shape index (κ3) is 5.31. The van der Waals surface area contributed by atoms with Crippen molar-refractivity contribution in [2.45, 2.75) is 32.7 Å². The summed E-state index contributed by atoms with van der Waals surface area (Å²) in [5.41, 5.74) is 2.50. The number of methoxy groups -OCH3 is 1. The van der Waals surface area contributed by atoms with Gasteiger partial charge >= 0.3 is 5.97 Å². The predicted molar refractivity (Wildman–Crippen MR) is 115 cm³/mol. The maximum absolute atomic E-state index is 12.6. The highest BCUT2D eigenvalue weighted by Crippen LogP contribution is 2.25. The largest absolute Gasteiger partial charge is 0.497 e. The Kier molecular flexibility index (Phi) is 7.07. The molecule has 3 rings (SSSR count). The van der Waals surface area contributed by atoms with Crippen LogP contribution in [-0.2, 0) is 9.53 Å². The van der Waals surface area contributed by atoms with E-state index in [1.807, 2.05) is 68.4 Å². The number of carbonyl (C=O) groups is 2. The number of rotatable bonds is 8. The van der Waals surface area contributed by atoms with Gasteiger partial charge in [-0.2, -0.15) is 0 Å². The fourth-order valence-electron chi connectivity index (χ4n) is 3.24. The SMILES string of the molecule is COc1ccc([C@H](NC(=O)COC(=O)c2c(C)noc2C(C)C)c2ccccc2)cc1. The summed E-state index contributed by atoms with van der Waals surface area (Å²) in [5.74, 6) is 0.0933. The topological polar surface area (TPSA) is 90.7 Å². The quantitative estimate of drug-likeness (QED) is 0.548. The van der Waals surface area contributed by atoms with Crippen molar-refractivity contribution < 1.29 is 23.6 Å². The minimum Gasteiger partial charge on any atom is -0.497 e. The number of hydrogen-bond acceptors (Lipinski definition) is 6. The van der Waals surface area contributed by atoms with E-state index in [0.29, 0.717) is 11.5 Å². The summed E-state index contributed by atoms with van der Waals surface area (Å²) in [7, 11) is 1.60. The molecule has 162 valence electrons. The fraction of sp³-hybridized carbons (Fsp3) is 0.292. The smallest absolute Gasteiger partial charge is 0.344 e. The Labute approximate surface area is 181 Å². The Morgan fingerprint density at radius 3 is 2.29 bits per heavy atom. The van der Waals surface area contributed by atoms with Crippen LogP contribution in [0.3, 0.4) is 0 Å². The second kappa shape index (κ2) is 9.93. The van der Waals surface area contributed by atoms with Crippen LogP contribution in [0.25, 0.3) is 0 Å². The van der Waals surface area contributed by atoms with Crippen molar-refractivity contribution in [3.05, 3.63) is 82.7 Å². The van der Waals surface area contributed by atoms with Gasteiger partial charge in [0, 0.05) is 5.92 Å². The van der Waals surface area contributed by atoms with Crippen molar-refractivity contribution in [3.63, 3.8) is 0 Å². The van der Waals surface area contributed by atoms with Crippen molar-refractivity contribution in [2.75, 3.05) is 13.7 Å². The lowest BCUT2D eigenvalue weighted by Gasteiger charge is -2.20. The molecule has 2 aromatic carbocycles. The Morgan fingerprint density at radius 1 is 1.03 bits per heavy atom. The second-order valence-corrected chi connectivity index (χ2v) is 7.42. The molecule has 0 spiro atoms. The maximum atomic E-state index is 12.6. The molecule has 1 atom stereocenters. The highest BCUT2D eigenvalue weighted by Gasteiger charge is 2.25. The van der Waals surface area contributed by atoms with Crippen LogP contribution in [-0.4, -0.2) is 30.7 Å².